The number of hydrogen-bond acceptors (Lipinski definition) is 3. The van der Waals surface area contributed by atoms with Gasteiger partial charge in [0, 0.05) is 16.9 Å². The average Bonchev–Trinajstić information content (AvgIpc) is 2.91. The van der Waals surface area contributed by atoms with Gasteiger partial charge in [0.05, 0.1) is 11.6 Å². The van der Waals surface area contributed by atoms with Crippen molar-refractivity contribution in [3.8, 4) is 5.75 Å². The molecule has 3 aromatic rings. The van der Waals surface area contributed by atoms with Crippen molar-refractivity contribution in [1.82, 2.24) is 0 Å². The molecule has 4 heteroatoms. The molecular formula is C17H16ClNOS. The van der Waals surface area contributed by atoms with Crippen LogP contribution in [-0.4, -0.2) is 6.61 Å². The number of hydrogen-bond donors (Lipinski definition) is 1. The normalized spacial score (nSPS) is 10.8. The second-order valence-electron chi connectivity index (χ2n) is 4.69. The van der Waals surface area contributed by atoms with Crippen LogP contribution in [0.1, 0.15) is 12.5 Å². The van der Waals surface area contributed by atoms with Gasteiger partial charge < -0.3 is 10.1 Å². The Kier molecular flexibility index (Phi) is 4.32. The highest BCUT2D eigenvalue weighted by Gasteiger charge is 2.05. The van der Waals surface area contributed by atoms with Crippen LogP contribution in [0.2, 0.25) is 5.02 Å². The zero-order chi connectivity index (χ0) is 14.7. The Hall–Kier alpha value is -1.71. The Bertz CT molecular complexity index is 753. The molecule has 1 N–H and O–H groups in total. The summed E-state index contributed by atoms with van der Waals surface area (Å²) in [6, 6.07) is 14.3. The Labute approximate surface area is 133 Å². The number of anilines is 1. The second kappa shape index (κ2) is 6.37. The van der Waals surface area contributed by atoms with Gasteiger partial charge in [0.15, 0.2) is 0 Å². The van der Waals surface area contributed by atoms with E-state index >= 15 is 0 Å². The second-order valence-corrected chi connectivity index (χ2v) is 6.01. The summed E-state index contributed by atoms with van der Waals surface area (Å²) in [6.07, 6.45) is 0. The maximum Gasteiger partial charge on any atom is 0.138 e. The smallest absolute Gasteiger partial charge is 0.138 e. The number of ether oxygens (including phenoxy) is 1. The van der Waals surface area contributed by atoms with E-state index in [4.69, 9.17) is 16.3 Å². The van der Waals surface area contributed by atoms with E-state index in [0.717, 1.165) is 18.0 Å². The summed E-state index contributed by atoms with van der Waals surface area (Å²) in [5, 5.41) is 7.57. The van der Waals surface area contributed by atoms with Gasteiger partial charge in [-0.3, -0.25) is 0 Å². The predicted octanol–water partition coefficient (Wildman–Crippen LogP) is 5.57. The van der Waals surface area contributed by atoms with Crippen molar-refractivity contribution in [3.05, 3.63) is 58.4 Å². The molecule has 0 amide bonds. The summed E-state index contributed by atoms with van der Waals surface area (Å²) in [7, 11) is 0. The molecule has 0 bridgehead atoms. The van der Waals surface area contributed by atoms with Crippen molar-refractivity contribution >= 4 is 38.7 Å². The Balaban J connectivity index is 1.74. The van der Waals surface area contributed by atoms with Crippen LogP contribution in [0, 0.1) is 0 Å². The fourth-order valence-corrected chi connectivity index (χ4v) is 3.45. The van der Waals surface area contributed by atoms with Gasteiger partial charge in [0.25, 0.3) is 0 Å². The molecule has 2 aromatic carbocycles. The monoisotopic (exact) mass is 317 g/mol. The largest absolute Gasteiger partial charge is 0.492 e. The Morgan fingerprint density at radius 2 is 2.05 bits per heavy atom. The van der Waals surface area contributed by atoms with Crippen molar-refractivity contribution in [2.45, 2.75) is 13.5 Å². The van der Waals surface area contributed by atoms with E-state index in [9.17, 15) is 0 Å². The van der Waals surface area contributed by atoms with Crippen LogP contribution in [0.15, 0.2) is 47.8 Å². The molecule has 21 heavy (non-hydrogen) atoms. The molecule has 0 unspecified atom stereocenters. The molecule has 0 atom stereocenters. The van der Waals surface area contributed by atoms with Crippen molar-refractivity contribution in [2.24, 2.45) is 0 Å². The SMILES string of the molecule is CCOc1ccc(NCc2csc3ccccc23)cc1Cl. The van der Waals surface area contributed by atoms with Crippen molar-refractivity contribution in [1.29, 1.82) is 0 Å². The van der Waals surface area contributed by atoms with Gasteiger partial charge in [-0.1, -0.05) is 29.8 Å². The van der Waals surface area contributed by atoms with E-state index in [1.165, 1.54) is 15.6 Å². The minimum atomic E-state index is 0.618. The fraction of sp³-hybridized carbons (Fsp3) is 0.176. The highest BCUT2D eigenvalue weighted by atomic mass is 35.5. The van der Waals surface area contributed by atoms with Crippen molar-refractivity contribution in [2.75, 3.05) is 11.9 Å². The molecule has 0 aliphatic carbocycles. The van der Waals surface area contributed by atoms with Crippen LogP contribution in [0.25, 0.3) is 10.1 Å². The first-order valence-electron chi connectivity index (χ1n) is 6.89. The lowest BCUT2D eigenvalue weighted by atomic mass is 10.2. The molecule has 1 aromatic heterocycles. The van der Waals surface area contributed by atoms with E-state index in [2.05, 4.69) is 35.0 Å². The number of fused-ring (bicyclic) bond motifs is 1. The van der Waals surface area contributed by atoms with Gasteiger partial charge in [-0.15, -0.1) is 11.3 Å². The molecule has 0 spiro atoms. The van der Waals surface area contributed by atoms with Gasteiger partial charge in [-0.05, 0) is 47.5 Å². The molecule has 0 fully saturated rings. The summed E-state index contributed by atoms with van der Waals surface area (Å²) in [5.74, 6) is 0.727. The summed E-state index contributed by atoms with van der Waals surface area (Å²) in [6.45, 7) is 3.35. The first-order chi connectivity index (χ1) is 10.3. The Morgan fingerprint density at radius 1 is 1.19 bits per heavy atom. The predicted molar refractivity (Wildman–Crippen MR) is 91.8 cm³/mol. The van der Waals surface area contributed by atoms with Gasteiger partial charge in [0.2, 0.25) is 0 Å². The summed E-state index contributed by atoms with van der Waals surface area (Å²) in [5.41, 5.74) is 2.30. The first-order valence-corrected chi connectivity index (χ1v) is 8.15. The van der Waals surface area contributed by atoms with Crippen LogP contribution in [-0.2, 0) is 6.54 Å². The van der Waals surface area contributed by atoms with Crippen LogP contribution in [0.5, 0.6) is 5.75 Å². The maximum absolute atomic E-state index is 6.20. The number of halogens is 1. The minimum Gasteiger partial charge on any atom is -0.492 e. The van der Waals surface area contributed by atoms with Crippen LogP contribution < -0.4 is 10.1 Å². The number of thiophene rings is 1. The third kappa shape index (κ3) is 3.14. The summed E-state index contributed by atoms with van der Waals surface area (Å²) < 4.78 is 6.76. The van der Waals surface area contributed by atoms with Gasteiger partial charge in [-0.25, -0.2) is 0 Å². The van der Waals surface area contributed by atoms with Crippen LogP contribution in [0.4, 0.5) is 5.69 Å². The number of benzene rings is 2. The van der Waals surface area contributed by atoms with Gasteiger partial charge >= 0.3 is 0 Å². The highest BCUT2D eigenvalue weighted by Crippen LogP contribution is 2.29. The van der Waals surface area contributed by atoms with E-state index in [1.807, 2.05) is 25.1 Å². The Morgan fingerprint density at radius 3 is 2.86 bits per heavy atom. The molecule has 2 nitrogen and oxygen atoms in total. The molecular weight excluding hydrogens is 302 g/mol. The summed E-state index contributed by atoms with van der Waals surface area (Å²) >= 11 is 7.98. The standard InChI is InChI=1S/C17H16ClNOS/c1-2-20-16-8-7-13(9-15(16)18)19-10-12-11-21-17-6-4-3-5-14(12)17/h3-9,11,19H,2,10H2,1H3. The van der Waals surface area contributed by atoms with Crippen molar-refractivity contribution in [3.63, 3.8) is 0 Å². The molecule has 3 rings (SSSR count). The van der Waals surface area contributed by atoms with E-state index in [1.54, 1.807) is 11.3 Å². The average molecular weight is 318 g/mol. The zero-order valence-electron chi connectivity index (χ0n) is 11.7. The highest BCUT2D eigenvalue weighted by molar-refractivity contribution is 7.17. The lowest BCUT2D eigenvalue weighted by Crippen LogP contribution is -1.99. The molecule has 1 heterocycles. The van der Waals surface area contributed by atoms with E-state index in [0.29, 0.717) is 11.6 Å². The molecule has 0 aliphatic rings. The summed E-state index contributed by atoms with van der Waals surface area (Å²) in [4.78, 5) is 0. The van der Waals surface area contributed by atoms with E-state index < -0.39 is 0 Å². The molecule has 0 aliphatic heterocycles. The molecule has 0 saturated carbocycles. The van der Waals surface area contributed by atoms with Crippen LogP contribution in [0.3, 0.4) is 0 Å². The minimum absolute atomic E-state index is 0.618. The maximum atomic E-state index is 6.20. The zero-order valence-corrected chi connectivity index (χ0v) is 13.3. The quantitative estimate of drug-likeness (QED) is 0.664. The first kappa shape index (κ1) is 14.2. The van der Waals surface area contributed by atoms with Gasteiger partial charge in [-0.2, -0.15) is 0 Å². The number of rotatable bonds is 5. The lowest BCUT2D eigenvalue weighted by molar-refractivity contribution is 0.340. The van der Waals surface area contributed by atoms with Gasteiger partial charge in [0.1, 0.15) is 5.75 Å². The number of nitrogens with one attached hydrogen (secondary N) is 1. The third-order valence-electron chi connectivity index (χ3n) is 3.28. The molecule has 0 radical (unpaired) electrons. The molecule has 108 valence electrons. The third-order valence-corrected chi connectivity index (χ3v) is 4.58. The van der Waals surface area contributed by atoms with Crippen LogP contribution >= 0.6 is 22.9 Å². The topological polar surface area (TPSA) is 21.3 Å². The van der Waals surface area contributed by atoms with Crippen molar-refractivity contribution < 1.29 is 4.74 Å². The lowest BCUT2D eigenvalue weighted by Gasteiger charge is -2.09. The van der Waals surface area contributed by atoms with E-state index in [-0.39, 0.29) is 0 Å². The molecule has 0 saturated heterocycles. The fourth-order valence-electron chi connectivity index (χ4n) is 2.25.